The first-order valence-electron chi connectivity index (χ1n) is 9.92. The van der Waals surface area contributed by atoms with E-state index >= 15 is 0 Å². The number of fused-ring (bicyclic) bond motifs is 1. The highest BCUT2D eigenvalue weighted by Crippen LogP contribution is 2.40. The molecule has 0 radical (unpaired) electrons. The molecule has 30 heavy (non-hydrogen) atoms. The number of hydrogen-bond acceptors (Lipinski definition) is 5. The van der Waals surface area contributed by atoms with Gasteiger partial charge in [0.2, 0.25) is 5.75 Å². The third-order valence-electron chi connectivity index (χ3n) is 5.47. The molecule has 0 fully saturated rings. The maximum Gasteiger partial charge on any atom is 0.254 e. The molecule has 4 rings (SSSR count). The average molecular weight is 424 g/mol. The number of methoxy groups -OCH3 is 2. The van der Waals surface area contributed by atoms with Crippen LogP contribution >= 0.6 is 11.3 Å². The number of thiophene rings is 1. The van der Waals surface area contributed by atoms with Gasteiger partial charge in [-0.2, -0.15) is 0 Å². The van der Waals surface area contributed by atoms with Crippen molar-refractivity contribution >= 4 is 17.2 Å². The molecular formula is C24H25NO4S. The van der Waals surface area contributed by atoms with Gasteiger partial charge in [-0.15, -0.1) is 11.3 Å². The number of benzene rings is 2. The molecule has 1 unspecified atom stereocenters. The fourth-order valence-corrected chi connectivity index (χ4v) is 4.79. The Kier molecular flexibility index (Phi) is 5.95. The van der Waals surface area contributed by atoms with E-state index in [1.807, 2.05) is 35.2 Å². The molecule has 0 N–H and O–H groups in total. The molecular weight excluding hydrogens is 398 g/mol. The smallest absolute Gasteiger partial charge is 0.254 e. The number of rotatable bonds is 6. The van der Waals surface area contributed by atoms with Gasteiger partial charge in [-0.05, 0) is 48.1 Å². The second-order valence-electron chi connectivity index (χ2n) is 7.21. The zero-order valence-corrected chi connectivity index (χ0v) is 18.2. The first kappa shape index (κ1) is 20.3. The fourth-order valence-electron chi connectivity index (χ4n) is 3.83. The van der Waals surface area contributed by atoms with E-state index in [4.69, 9.17) is 14.2 Å². The Hall–Kier alpha value is -2.99. The van der Waals surface area contributed by atoms with Crippen molar-refractivity contribution in [3.8, 4) is 17.2 Å². The van der Waals surface area contributed by atoms with E-state index in [1.165, 1.54) is 10.4 Å². The molecule has 0 bridgehead atoms. The van der Waals surface area contributed by atoms with Crippen molar-refractivity contribution in [3.05, 3.63) is 75.5 Å². The van der Waals surface area contributed by atoms with Gasteiger partial charge in [0, 0.05) is 17.0 Å². The van der Waals surface area contributed by atoms with Crippen molar-refractivity contribution in [2.75, 3.05) is 20.8 Å². The van der Waals surface area contributed by atoms with Crippen LogP contribution in [0.5, 0.6) is 17.2 Å². The molecule has 1 atom stereocenters. The number of ether oxygens (including phenoxy) is 3. The summed E-state index contributed by atoms with van der Waals surface area (Å²) in [6.45, 7) is 3.16. The van der Waals surface area contributed by atoms with Gasteiger partial charge in [0.05, 0.1) is 20.3 Å². The molecule has 0 saturated carbocycles. The number of nitrogens with zero attached hydrogens (tertiary/aromatic N) is 1. The van der Waals surface area contributed by atoms with Crippen LogP contribution in [0.4, 0.5) is 0 Å². The summed E-state index contributed by atoms with van der Waals surface area (Å²) in [5.74, 6) is 1.42. The maximum atomic E-state index is 13.3. The molecule has 0 aliphatic carbocycles. The van der Waals surface area contributed by atoms with Crippen molar-refractivity contribution in [2.24, 2.45) is 0 Å². The summed E-state index contributed by atoms with van der Waals surface area (Å²) in [5.41, 5.74) is 2.80. The predicted octanol–water partition coefficient (Wildman–Crippen LogP) is 5.10. The molecule has 6 heteroatoms. The maximum absolute atomic E-state index is 13.3. The van der Waals surface area contributed by atoms with E-state index in [0.717, 1.165) is 12.0 Å². The van der Waals surface area contributed by atoms with E-state index in [-0.39, 0.29) is 11.9 Å². The number of hydrogen-bond donors (Lipinski definition) is 0. The molecule has 2 aromatic carbocycles. The van der Waals surface area contributed by atoms with E-state index < -0.39 is 0 Å². The Labute approximate surface area is 180 Å². The summed E-state index contributed by atoms with van der Waals surface area (Å²) in [7, 11) is 3.14. The van der Waals surface area contributed by atoms with Gasteiger partial charge in [-0.3, -0.25) is 4.79 Å². The van der Waals surface area contributed by atoms with Crippen molar-refractivity contribution in [1.29, 1.82) is 0 Å². The summed E-state index contributed by atoms with van der Waals surface area (Å²) >= 11 is 1.76. The van der Waals surface area contributed by atoms with Crippen LogP contribution in [-0.4, -0.2) is 31.6 Å². The minimum absolute atomic E-state index is 0.0365. The monoisotopic (exact) mass is 423 g/mol. The molecule has 1 aliphatic heterocycles. The minimum atomic E-state index is -0.0365. The highest BCUT2D eigenvalue weighted by atomic mass is 32.1. The summed E-state index contributed by atoms with van der Waals surface area (Å²) in [5, 5.41) is 2.10. The number of carbonyl (C=O) groups is 1. The van der Waals surface area contributed by atoms with E-state index in [1.54, 1.807) is 37.7 Å². The molecule has 1 amide bonds. The summed E-state index contributed by atoms with van der Waals surface area (Å²) < 4.78 is 17.1. The largest absolute Gasteiger partial charge is 0.493 e. The standard InChI is InChI=1S/C24H25NO4S/c1-16-19-10-12-30-22(19)9-11-25(16)24(26)18-13-20(27-2)23(21(14-18)28-3)29-15-17-7-5-4-6-8-17/h4-8,10,12-14,16H,9,11,15H2,1-3H3. The van der Waals surface area contributed by atoms with Gasteiger partial charge in [-0.25, -0.2) is 0 Å². The molecule has 156 valence electrons. The number of carbonyl (C=O) groups excluding carboxylic acids is 1. The van der Waals surface area contributed by atoms with Gasteiger partial charge in [0.1, 0.15) is 6.61 Å². The normalized spacial score (nSPS) is 15.4. The lowest BCUT2D eigenvalue weighted by Crippen LogP contribution is -2.38. The van der Waals surface area contributed by atoms with Crippen molar-refractivity contribution in [1.82, 2.24) is 4.90 Å². The highest BCUT2D eigenvalue weighted by molar-refractivity contribution is 7.10. The molecule has 0 spiro atoms. The Balaban J connectivity index is 1.60. The first-order chi connectivity index (χ1) is 14.6. The molecule has 5 nitrogen and oxygen atoms in total. The van der Waals surface area contributed by atoms with Crippen LogP contribution in [0.2, 0.25) is 0 Å². The lowest BCUT2D eigenvalue weighted by molar-refractivity contribution is 0.0678. The molecule has 1 aromatic heterocycles. The van der Waals surface area contributed by atoms with E-state index in [2.05, 4.69) is 18.4 Å². The Bertz CT molecular complexity index is 1010. The predicted molar refractivity (Wildman–Crippen MR) is 118 cm³/mol. The lowest BCUT2D eigenvalue weighted by Gasteiger charge is -2.34. The zero-order chi connectivity index (χ0) is 21.1. The van der Waals surface area contributed by atoms with Gasteiger partial charge in [0.25, 0.3) is 5.91 Å². The first-order valence-corrected chi connectivity index (χ1v) is 10.8. The van der Waals surface area contributed by atoms with Crippen LogP contribution in [0, 0.1) is 0 Å². The van der Waals surface area contributed by atoms with E-state index in [0.29, 0.717) is 36.0 Å². The quantitative estimate of drug-likeness (QED) is 0.553. The zero-order valence-electron chi connectivity index (χ0n) is 17.4. The van der Waals surface area contributed by atoms with Crippen molar-refractivity contribution < 1.29 is 19.0 Å². The number of amides is 1. The van der Waals surface area contributed by atoms with Gasteiger partial charge < -0.3 is 19.1 Å². The van der Waals surface area contributed by atoms with Gasteiger partial charge in [-0.1, -0.05) is 30.3 Å². The SMILES string of the molecule is COc1cc(C(=O)N2CCc3sccc3C2C)cc(OC)c1OCc1ccccc1. The topological polar surface area (TPSA) is 48.0 Å². The van der Waals surface area contributed by atoms with Crippen LogP contribution in [0.15, 0.2) is 53.9 Å². The van der Waals surface area contributed by atoms with Gasteiger partial charge >= 0.3 is 0 Å². The van der Waals surface area contributed by atoms with Gasteiger partial charge in [0.15, 0.2) is 11.5 Å². The molecule has 3 aromatic rings. The lowest BCUT2D eigenvalue weighted by atomic mass is 10.00. The van der Waals surface area contributed by atoms with Crippen LogP contribution in [0.25, 0.3) is 0 Å². The van der Waals surface area contributed by atoms with Crippen LogP contribution in [0.3, 0.4) is 0 Å². The highest BCUT2D eigenvalue weighted by Gasteiger charge is 2.30. The van der Waals surface area contributed by atoms with Crippen LogP contribution in [-0.2, 0) is 13.0 Å². The van der Waals surface area contributed by atoms with Crippen molar-refractivity contribution in [2.45, 2.75) is 26.0 Å². The molecule has 2 heterocycles. The summed E-state index contributed by atoms with van der Waals surface area (Å²) in [4.78, 5) is 16.6. The van der Waals surface area contributed by atoms with Crippen LogP contribution < -0.4 is 14.2 Å². The third kappa shape index (κ3) is 3.87. The second kappa shape index (κ2) is 8.79. The third-order valence-corrected chi connectivity index (χ3v) is 6.47. The fraction of sp³-hybridized carbons (Fsp3) is 0.292. The molecule has 1 aliphatic rings. The summed E-state index contributed by atoms with van der Waals surface area (Å²) in [6.07, 6.45) is 0.885. The minimum Gasteiger partial charge on any atom is -0.493 e. The second-order valence-corrected chi connectivity index (χ2v) is 8.21. The molecule has 0 saturated heterocycles. The Morgan fingerprint density at radius 1 is 1.10 bits per heavy atom. The van der Waals surface area contributed by atoms with E-state index in [9.17, 15) is 4.79 Å². The van der Waals surface area contributed by atoms with Crippen LogP contribution in [0.1, 0.15) is 39.3 Å². The summed E-state index contributed by atoms with van der Waals surface area (Å²) in [6, 6.07) is 15.5. The Morgan fingerprint density at radius 3 is 2.47 bits per heavy atom. The van der Waals surface area contributed by atoms with Crippen molar-refractivity contribution in [3.63, 3.8) is 0 Å². The Morgan fingerprint density at radius 2 is 1.80 bits per heavy atom. The average Bonchev–Trinajstić information content (AvgIpc) is 3.27.